The molecule has 0 atom stereocenters. The zero-order valence-corrected chi connectivity index (χ0v) is 15.5. The van der Waals surface area contributed by atoms with E-state index >= 15 is 0 Å². The lowest BCUT2D eigenvalue weighted by Gasteiger charge is -2.08. The molecule has 0 aliphatic heterocycles. The van der Waals surface area contributed by atoms with E-state index in [1.165, 1.54) is 0 Å². The molecule has 0 fully saturated rings. The van der Waals surface area contributed by atoms with Crippen molar-refractivity contribution in [3.8, 4) is 0 Å². The Bertz CT molecular complexity index is 532. The molecule has 134 valence electrons. The standard InChI is InChI=1S/C18H24Cl2O4/c1-2-3-4-5-12-23-16(21)10-7-11-17(22)24-13-14-8-6-9-15(19)18(14)20/h6,8-9H,2-5,7,10-13H2,1H3. The Kier molecular flexibility index (Phi) is 10.5. The summed E-state index contributed by atoms with van der Waals surface area (Å²) in [5.41, 5.74) is 0.656. The third kappa shape index (κ3) is 8.55. The number of unbranched alkanes of at least 4 members (excludes halogenated alkanes) is 3. The van der Waals surface area contributed by atoms with Crippen molar-refractivity contribution in [1.82, 2.24) is 0 Å². The van der Waals surface area contributed by atoms with E-state index in [0.29, 0.717) is 28.6 Å². The summed E-state index contributed by atoms with van der Waals surface area (Å²) in [6, 6.07) is 5.16. The van der Waals surface area contributed by atoms with Crippen LogP contribution in [0.25, 0.3) is 0 Å². The highest BCUT2D eigenvalue weighted by molar-refractivity contribution is 6.42. The summed E-state index contributed by atoms with van der Waals surface area (Å²) in [5, 5.41) is 0.811. The average molecular weight is 375 g/mol. The minimum Gasteiger partial charge on any atom is -0.466 e. The molecule has 24 heavy (non-hydrogen) atoms. The molecule has 1 aromatic rings. The van der Waals surface area contributed by atoms with Crippen LogP contribution in [0, 0.1) is 0 Å². The highest BCUT2D eigenvalue weighted by Gasteiger charge is 2.10. The molecule has 0 radical (unpaired) electrons. The Hall–Kier alpha value is -1.26. The number of carbonyl (C=O) groups excluding carboxylic acids is 2. The zero-order chi connectivity index (χ0) is 17.8. The quantitative estimate of drug-likeness (QED) is 0.387. The van der Waals surface area contributed by atoms with Gasteiger partial charge in [0.05, 0.1) is 16.7 Å². The molecular formula is C18H24Cl2O4. The van der Waals surface area contributed by atoms with Gasteiger partial charge in [-0.05, 0) is 18.9 Å². The number of ether oxygens (including phenoxy) is 2. The van der Waals surface area contributed by atoms with Gasteiger partial charge in [0.25, 0.3) is 0 Å². The first-order valence-electron chi connectivity index (χ1n) is 8.28. The predicted molar refractivity (Wildman–Crippen MR) is 95.2 cm³/mol. The van der Waals surface area contributed by atoms with Crippen LogP contribution >= 0.6 is 23.2 Å². The van der Waals surface area contributed by atoms with E-state index in [2.05, 4.69) is 6.92 Å². The first-order chi connectivity index (χ1) is 11.5. The normalized spacial score (nSPS) is 10.5. The van der Waals surface area contributed by atoms with Crippen molar-refractivity contribution >= 4 is 35.1 Å². The van der Waals surface area contributed by atoms with E-state index in [4.69, 9.17) is 32.7 Å². The summed E-state index contributed by atoms with van der Waals surface area (Å²) in [7, 11) is 0. The molecule has 0 unspecified atom stereocenters. The lowest BCUT2D eigenvalue weighted by atomic mass is 10.2. The van der Waals surface area contributed by atoms with Gasteiger partial charge in [-0.15, -0.1) is 0 Å². The molecule has 0 N–H and O–H groups in total. The lowest BCUT2D eigenvalue weighted by molar-refractivity contribution is -0.146. The molecule has 0 saturated carbocycles. The fourth-order valence-corrected chi connectivity index (χ4v) is 2.43. The molecule has 0 aliphatic rings. The van der Waals surface area contributed by atoms with E-state index < -0.39 is 0 Å². The zero-order valence-electron chi connectivity index (χ0n) is 14.0. The van der Waals surface area contributed by atoms with Crippen LogP contribution in [-0.2, 0) is 25.7 Å². The molecule has 0 aromatic heterocycles. The third-order valence-electron chi connectivity index (χ3n) is 3.44. The Morgan fingerprint density at radius 3 is 2.38 bits per heavy atom. The summed E-state index contributed by atoms with van der Waals surface area (Å²) in [6.45, 7) is 2.65. The van der Waals surface area contributed by atoms with Crippen LogP contribution in [0.4, 0.5) is 0 Å². The summed E-state index contributed by atoms with van der Waals surface area (Å²) >= 11 is 11.9. The maximum Gasteiger partial charge on any atom is 0.306 e. The number of rotatable bonds is 11. The van der Waals surface area contributed by atoms with E-state index in [9.17, 15) is 9.59 Å². The average Bonchev–Trinajstić information content (AvgIpc) is 2.56. The number of hydrogen-bond donors (Lipinski definition) is 0. The Labute approximate surface area is 153 Å². The van der Waals surface area contributed by atoms with Crippen molar-refractivity contribution in [2.24, 2.45) is 0 Å². The Morgan fingerprint density at radius 2 is 1.67 bits per heavy atom. The van der Waals surface area contributed by atoms with Crippen LogP contribution in [0.3, 0.4) is 0 Å². The molecule has 0 spiro atoms. The topological polar surface area (TPSA) is 52.6 Å². The summed E-state index contributed by atoms with van der Waals surface area (Å²) in [6.07, 6.45) is 5.07. The second-order valence-corrected chi connectivity index (χ2v) is 6.29. The molecule has 0 saturated heterocycles. The fraction of sp³-hybridized carbons (Fsp3) is 0.556. The van der Waals surface area contributed by atoms with Gasteiger partial charge in [-0.25, -0.2) is 0 Å². The van der Waals surface area contributed by atoms with Crippen LogP contribution in [-0.4, -0.2) is 18.5 Å². The van der Waals surface area contributed by atoms with Gasteiger partial charge < -0.3 is 9.47 Å². The molecule has 0 aliphatic carbocycles. The predicted octanol–water partition coefficient (Wildman–Crippen LogP) is 5.33. The minimum atomic E-state index is -0.373. The van der Waals surface area contributed by atoms with Gasteiger partial charge in [0.1, 0.15) is 6.61 Å². The van der Waals surface area contributed by atoms with Crippen molar-refractivity contribution in [1.29, 1.82) is 0 Å². The van der Waals surface area contributed by atoms with Crippen LogP contribution in [0.15, 0.2) is 18.2 Å². The van der Waals surface area contributed by atoms with Crippen molar-refractivity contribution < 1.29 is 19.1 Å². The maximum absolute atomic E-state index is 11.7. The Morgan fingerprint density at radius 1 is 0.958 bits per heavy atom. The second kappa shape index (κ2) is 12.2. The van der Waals surface area contributed by atoms with Crippen molar-refractivity contribution in [2.45, 2.75) is 58.5 Å². The van der Waals surface area contributed by atoms with Crippen LogP contribution < -0.4 is 0 Å². The highest BCUT2D eigenvalue weighted by atomic mass is 35.5. The van der Waals surface area contributed by atoms with Crippen LogP contribution in [0.5, 0.6) is 0 Å². The van der Waals surface area contributed by atoms with Crippen molar-refractivity contribution in [2.75, 3.05) is 6.61 Å². The van der Waals surface area contributed by atoms with E-state index in [0.717, 1.165) is 25.7 Å². The number of esters is 2. The van der Waals surface area contributed by atoms with Crippen molar-refractivity contribution in [3.05, 3.63) is 33.8 Å². The first-order valence-corrected chi connectivity index (χ1v) is 9.04. The van der Waals surface area contributed by atoms with Crippen molar-refractivity contribution in [3.63, 3.8) is 0 Å². The minimum absolute atomic E-state index is 0.0695. The van der Waals surface area contributed by atoms with E-state index in [1.54, 1.807) is 18.2 Å². The number of halogens is 2. The SMILES string of the molecule is CCCCCCOC(=O)CCCC(=O)OCc1cccc(Cl)c1Cl. The van der Waals surface area contributed by atoms with Gasteiger partial charge in [0.15, 0.2) is 0 Å². The molecule has 1 rings (SSSR count). The number of benzene rings is 1. The first kappa shape index (κ1) is 20.8. The van der Waals surface area contributed by atoms with Crippen LogP contribution in [0.2, 0.25) is 10.0 Å². The van der Waals surface area contributed by atoms with Gasteiger partial charge in [0.2, 0.25) is 0 Å². The van der Waals surface area contributed by atoms with Gasteiger partial charge in [-0.2, -0.15) is 0 Å². The fourth-order valence-electron chi connectivity index (χ4n) is 2.05. The molecule has 0 heterocycles. The van der Waals surface area contributed by atoms with Gasteiger partial charge in [-0.1, -0.05) is 61.5 Å². The largest absolute Gasteiger partial charge is 0.466 e. The molecule has 6 heteroatoms. The van der Waals surface area contributed by atoms with Gasteiger partial charge in [0, 0.05) is 18.4 Å². The summed E-state index contributed by atoms with van der Waals surface area (Å²) in [4.78, 5) is 23.2. The molecule has 1 aromatic carbocycles. The smallest absolute Gasteiger partial charge is 0.306 e. The molecule has 4 nitrogen and oxygen atoms in total. The van der Waals surface area contributed by atoms with Crippen LogP contribution in [0.1, 0.15) is 57.4 Å². The van der Waals surface area contributed by atoms with E-state index in [1.807, 2.05) is 0 Å². The second-order valence-electron chi connectivity index (χ2n) is 5.51. The van der Waals surface area contributed by atoms with E-state index in [-0.39, 0.29) is 31.4 Å². The Balaban J connectivity index is 2.13. The highest BCUT2D eigenvalue weighted by Crippen LogP contribution is 2.26. The molecular weight excluding hydrogens is 351 g/mol. The lowest BCUT2D eigenvalue weighted by Crippen LogP contribution is -2.09. The van der Waals surface area contributed by atoms with Gasteiger partial charge >= 0.3 is 11.9 Å². The maximum atomic E-state index is 11.7. The van der Waals surface area contributed by atoms with Gasteiger partial charge in [-0.3, -0.25) is 9.59 Å². The molecule has 0 bridgehead atoms. The third-order valence-corrected chi connectivity index (χ3v) is 4.30. The monoisotopic (exact) mass is 374 g/mol. The summed E-state index contributed by atoms with van der Waals surface area (Å²) in [5.74, 6) is -0.640. The molecule has 0 amide bonds. The summed E-state index contributed by atoms with van der Waals surface area (Å²) < 4.78 is 10.2. The number of hydrogen-bond acceptors (Lipinski definition) is 4. The number of carbonyl (C=O) groups is 2.